The molecule has 0 aliphatic carbocycles. The Kier molecular flexibility index (Phi) is 10.2. The smallest absolute Gasteiger partial charge is 0.337 e. The summed E-state index contributed by atoms with van der Waals surface area (Å²) in [6.07, 6.45) is 0.922. The maximum atomic E-state index is 13.9. The first-order valence-corrected chi connectivity index (χ1v) is 16.4. The number of anilines is 3. The van der Waals surface area contributed by atoms with Gasteiger partial charge >= 0.3 is 11.9 Å². The molecular weight excluding hydrogens is 672 g/mol. The van der Waals surface area contributed by atoms with E-state index in [-0.39, 0.29) is 45.3 Å². The standard InChI is InChI=1S/C38H38N4O10/c1-48-31-16-23(17-32(49-2)34(31)50-3)36(45)40-28-15-22(35(44)39-27-13-24(37(46)51-4)12-25(14-27)38(47)52-5)9-10-30(28)41-18-21-11-26(20-41)29-7-6-8-33(43)42(29)19-21/h6-10,12-17,21,26H,11,18-20H2,1-5H3,(H,39,44)(H,40,45)/t21-,26+/m1/s1. The van der Waals surface area contributed by atoms with E-state index >= 15 is 0 Å². The van der Waals surface area contributed by atoms with E-state index in [1.165, 1.54) is 65.9 Å². The van der Waals surface area contributed by atoms with Gasteiger partial charge in [0.2, 0.25) is 5.75 Å². The minimum absolute atomic E-state index is 0.0230. The lowest BCUT2D eigenvalue weighted by atomic mass is 9.83. The van der Waals surface area contributed by atoms with Crippen LogP contribution >= 0.6 is 0 Å². The summed E-state index contributed by atoms with van der Waals surface area (Å²) < 4.78 is 27.8. The van der Waals surface area contributed by atoms with E-state index in [1.54, 1.807) is 30.3 Å². The Hall–Kier alpha value is -6.31. The van der Waals surface area contributed by atoms with Crippen LogP contribution in [0.15, 0.2) is 71.5 Å². The minimum atomic E-state index is -0.707. The predicted molar refractivity (Wildman–Crippen MR) is 191 cm³/mol. The molecule has 0 radical (unpaired) electrons. The zero-order valence-corrected chi connectivity index (χ0v) is 29.3. The van der Waals surface area contributed by atoms with Gasteiger partial charge in [0, 0.05) is 54.1 Å². The summed E-state index contributed by atoms with van der Waals surface area (Å²) in [6.45, 7) is 1.77. The number of pyridine rings is 1. The zero-order valence-electron chi connectivity index (χ0n) is 29.3. The zero-order chi connectivity index (χ0) is 37.1. The van der Waals surface area contributed by atoms with Gasteiger partial charge in [-0.15, -0.1) is 0 Å². The van der Waals surface area contributed by atoms with E-state index in [9.17, 15) is 24.0 Å². The highest BCUT2D eigenvalue weighted by Gasteiger charge is 2.35. The van der Waals surface area contributed by atoms with E-state index in [0.717, 1.165) is 12.1 Å². The average molecular weight is 711 g/mol. The topological polar surface area (TPSA) is 164 Å². The third kappa shape index (κ3) is 6.99. The second-order valence-electron chi connectivity index (χ2n) is 12.4. The average Bonchev–Trinajstić information content (AvgIpc) is 3.16. The van der Waals surface area contributed by atoms with E-state index in [2.05, 4.69) is 15.5 Å². The van der Waals surface area contributed by atoms with E-state index in [4.69, 9.17) is 23.7 Å². The van der Waals surface area contributed by atoms with Crippen LogP contribution in [0.2, 0.25) is 0 Å². The first-order valence-electron chi connectivity index (χ1n) is 16.4. The molecule has 52 heavy (non-hydrogen) atoms. The van der Waals surface area contributed by atoms with Gasteiger partial charge in [-0.1, -0.05) is 6.07 Å². The molecule has 0 spiro atoms. The molecular formula is C38H38N4O10. The number of nitrogens with zero attached hydrogens (tertiary/aromatic N) is 2. The van der Waals surface area contributed by atoms with Crippen LogP contribution in [0.5, 0.6) is 17.2 Å². The summed E-state index contributed by atoms with van der Waals surface area (Å²) in [4.78, 5) is 67.1. The Morgan fingerprint density at radius 3 is 1.94 bits per heavy atom. The van der Waals surface area contributed by atoms with E-state index < -0.39 is 23.8 Å². The van der Waals surface area contributed by atoms with Crippen molar-refractivity contribution >= 4 is 40.8 Å². The molecule has 2 aliphatic rings. The lowest BCUT2D eigenvalue weighted by Gasteiger charge is -2.44. The largest absolute Gasteiger partial charge is 0.493 e. The number of carbonyl (C=O) groups excluding carboxylic acids is 4. The summed E-state index contributed by atoms with van der Waals surface area (Å²) in [5, 5.41) is 5.73. The molecule has 3 heterocycles. The number of ether oxygens (including phenoxy) is 5. The molecule has 3 aromatic carbocycles. The summed E-state index contributed by atoms with van der Waals surface area (Å²) in [6, 6.07) is 17.4. The predicted octanol–water partition coefficient (Wildman–Crippen LogP) is 4.58. The normalized spacial score (nSPS) is 15.8. The molecule has 2 bridgehead atoms. The van der Waals surface area contributed by atoms with Crippen LogP contribution in [0.25, 0.3) is 0 Å². The van der Waals surface area contributed by atoms with Crippen LogP contribution in [-0.2, 0) is 16.0 Å². The van der Waals surface area contributed by atoms with Crippen molar-refractivity contribution in [2.45, 2.75) is 18.9 Å². The van der Waals surface area contributed by atoms with Crippen LogP contribution in [0.1, 0.15) is 59.5 Å². The monoisotopic (exact) mass is 710 g/mol. The number of hydrogen-bond acceptors (Lipinski definition) is 11. The van der Waals surface area contributed by atoms with Crippen LogP contribution < -0.4 is 35.3 Å². The summed E-state index contributed by atoms with van der Waals surface area (Å²) in [5.41, 5.74) is 2.60. The molecule has 2 amide bonds. The van der Waals surface area contributed by atoms with Crippen molar-refractivity contribution in [3.63, 3.8) is 0 Å². The van der Waals surface area contributed by atoms with Crippen LogP contribution in [0.4, 0.5) is 17.1 Å². The highest BCUT2D eigenvalue weighted by molar-refractivity contribution is 6.10. The lowest BCUT2D eigenvalue weighted by molar-refractivity contribution is 0.0598. The maximum absolute atomic E-state index is 13.9. The fourth-order valence-corrected chi connectivity index (χ4v) is 6.93. The highest BCUT2D eigenvalue weighted by atomic mass is 16.5. The van der Waals surface area contributed by atoms with E-state index in [0.29, 0.717) is 48.3 Å². The van der Waals surface area contributed by atoms with Crippen molar-refractivity contribution in [3.05, 3.63) is 105 Å². The molecule has 14 heteroatoms. The van der Waals surface area contributed by atoms with Crippen molar-refractivity contribution in [2.75, 3.05) is 64.2 Å². The molecule has 4 aromatic rings. The second-order valence-corrected chi connectivity index (χ2v) is 12.4. The molecule has 1 aromatic heterocycles. The van der Waals surface area contributed by atoms with Gasteiger partial charge in [0.25, 0.3) is 17.4 Å². The Morgan fingerprint density at radius 1 is 0.673 bits per heavy atom. The van der Waals surface area contributed by atoms with Gasteiger partial charge in [-0.05, 0) is 66.9 Å². The first-order chi connectivity index (χ1) is 25.1. The van der Waals surface area contributed by atoms with Crippen molar-refractivity contribution in [1.29, 1.82) is 0 Å². The Labute approximate surface area is 299 Å². The molecule has 1 saturated heterocycles. The second kappa shape index (κ2) is 14.9. The molecule has 0 saturated carbocycles. The van der Waals surface area contributed by atoms with Gasteiger partial charge < -0.3 is 43.8 Å². The van der Waals surface area contributed by atoms with E-state index in [1.807, 2.05) is 10.6 Å². The molecule has 2 N–H and O–H groups in total. The van der Waals surface area contributed by atoms with Crippen molar-refractivity contribution in [3.8, 4) is 17.2 Å². The number of aromatic nitrogens is 1. The number of piperidine rings is 1. The van der Waals surface area contributed by atoms with Crippen molar-refractivity contribution in [1.82, 2.24) is 4.57 Å². The number of benzene rings is 3. The fraction of sp³-hybridized carbons (Fsp3) is 0.289. The maximum Gasteiger partial charge on any atom is 0.337 e. The van der Waals surface area contributed by atoms with Gasteiger partial charge in [0.15, 0.2) is 11.5 Å². The molecule has 2 atom stereocenters. The van der Waals surface area contributed by atoms with Gasteiger partial charge in [0.1, 0.15) is 0 Å². The molecule has 270 valence electrons. The van der Waals surface area contributed by atoms with Crippen LogP contribution in [-0.4, -0.2) is 77.0 Å². The Bertz CT molecular complexity index is 2070. The Balaban J connectivity index is 1.37. The van der Waals surface area contributed by atoms with Gasteiger partial charge in [-0.25, -0.2) is 9.59 Å². The number of nitrogens with one attached hydrogen (secondary N) is 2. The van der Waals surface area contributed by atoms with Crippen molar-refractivity contribution in [2.24, 2.45) is 5.92 Å². The van der Waals surface area contributed by atoms with Gasteiger partial charge in [-0.2, -0.15) is 0 Å². The quantitative estimate of drug-likeness (QED) is 0.222. The number of hydrogen-bond donors (Lipinski definition) is 2. The fourth-order valence-electron chi connectivity index (χ4n) is 6.93. The van der Waals surface area contributed by atoms with Gasteiger partial charge in [0.05, 0.1) is 58.1 Å². The minimum Gasteiger partial charge on any atom is -0.493 e. The molecule has 2 aliphatic heterocycles. The molecule has 14 nitrogen and oxygen atoms in total. The number of rotatable bonds is 10. The summed E-state index contributed by atoms with van der Waals surface area (Å²) in [7, 11) is 6.78. The summed E-state index contributed by atoms with van der Waals surface area (Å²) in [5.74, 6) is -1.32. The SMILES string of the molecule is COC(=O)c1cc(NC(=O)c2ccc(N3C[C@H]4C[C@@H](C3)c3cccc(=O)n3C4)c(NC(=O)c3cc(OC)c(OC)c(OC)c3)c2)cc(C(=O)OC)c1. The Morgan fingerprint density at radius 2 is 1.33 bits per heavy atom. The third-order valence-electron chi connectivity index (χ3n) is 9.29. The number of methoxy groups -OCH3 is 5. The first kappa shape index (κ1) is 35.5. The lowest BCUT2D eigenvalue weighted by Crippen LogP contribution is -2.47. The number of fused-ring (bicyclic) bond motifs is 4. The van der Waals surface area contributed by atoms with Gasteiger partial charge in [-0.3, -0.25) is 14.4 Å². The molecule has 0 unspecified atom stereocenters. The summed E-state index contributed by atoms with van der Waals surface area (Å²) >= 11 is 0. The van der Waals surface area contributed by atoms with Crippen LogP contribution in [0.3, 0.4) is 0 Å². The number of esters is 2. The molecule has 1 fully saturated rings. The third-order valence-corrected chi connectivity index (χ3v) is 9.29. The van der Waals surface area contributed by atoms with Crippen LogP contribution in [0, 0.1) is 5.92 Å². The van der Waals surface area contributed by atoms with Crippen molar-refractivity contribution < 1.29 is 42.9 Å². The molecule has 6 rings (SSSR count). The highest BCUT2D eigenvalue weighted by Crippen LogP contribution is 2.41. The number of amides is 2. The number of carbonyl (C=O) groups is 4.